The SMILES string of the molecule is COCCn1c(N)c(C(=O)CN2CCN(C(=O)OC(C)(C)C)CC2)c(=O)[nH]c1=O. The molecule has 11 nitrogen and oxygen atoms in total. The van der Waals surface area contributed by atoms with Crippen molar-refractivity contribution in [3.05, 3.63) is 26.4 Å². The third kappa shape index (κ3) is 5.91. The summed E-state index contributed by atoms with van der Waals surface area (Å²) in [6, 6.07) is 0. The van der Waals surface area contributed by atoms with Crippen LogP contribution in [0, 0.1) is 0 Å². The third-order valence-corrected chi connectivity index (χ3v) is 4.43. The molecule has 0 aromatic carbocycles. The van der Waals surface area contributed by atoms with Crippen LogP contribution >= 0.6 is 0 Å². The number of ketones is 1. The number of nitrogen functional groups attached to an aromatic ring is 1. The van der Waals surface area contributed by atoms with Crippen molar-refractivity contribution < 1.29 is 19.1 Å². The molecule has 3 N–H and O–H groups in total. The molecule has 162 valence electrons. The summed E-state index contributed by atoms with van der Waals surface area (Å²) in [7, 11) is 1.47. The quantitative estimate of drug-likeness (QED) is 0.597. The number of carbonyl (C=O) groups excluding carboxylic acids is 2. The minimum atomic E-state index is -0.807. The van der Waals surface area contributed by atoms with Crippen molar-refractivity contribution in [1.29, 1.82) is 0 Å². The average Bonchev–Trinajstić information content (AvgIpc) is 2.60. The number of hydrogen-bond acceptors (Lipinski definition) is 8. The first-order valence-electron chi connectivity index (χ1n) is 9.38. The number of piperazine rings is 1. The maximum Gasteiger partial charge on any atom is 0.410 e. The second-order valence-corrected chi connectivity index (χ2v) is 7.83. The summed E-state index contributed by atoms with van der Waals surface area (Å²) in [5.41, 5.74) is 3.62. The van der Waals surface area contributed by atoms with E-state index in [2.05, 4.69) is 4.98 Å². The summed E-state index contributed by atoms with van der Waals surface area (Å²) in [4.78, 5) is 54.4. The van der Waals surface area contributed by atoms with Crippen molar-refractivity contribution in [2.75, 3.05) is 52.2 Å². The molecule has 1 fully saturated rings. The number of nitrogens with zero attached hydrogens (tertiary/aromatic N) is 3. The fraction of sp³-hybridized carbons (Fsp3) is 0.667. The molecule has 1 amide bonds. The number of H-pyrrole nitrogens is 1. The van der Waals surface area contributed by atoms with Gasteiger partial charge < -0.3 is 20.1 Å². The number of rotatable bonds is 6. The number of carbonyl (C=O) groups is 2. The number of methoxy groups -OCH3 is 1. The van der Waals surface area contributed by atoms with E-state index in [1.165, 1.54) is 7.11 Å². The first-order valence-corrected chi connectivity index (χ1v) is 9.38. The van der Waals surface area contributed by atoms with Crippen molar-refractivity contribution >= 4 is 17.7 Å². The van der Waals surface area contributed by atoms with E-state index in [1.807, 2.05) is 4.90 Å². The van der Waals surface area contributed by atoms with Crippen LogP contribution in [0.3, 0.4) is 0 Å². The van der Waals surface area contributed by atoms with Gasteiger partial charge in [-0.3, -0.25) is 24.0 Å². The summed E-state index contributed by atoms with van der Waals surface area (Å²) in [5.74, 6) is -0.658. The largest absolute Gasteiger partial charge is 0.444 e. The van der Waals surface area contributed by atoms with Gasteiger partial charge in [0, 0.05) is 33.3 Å². The lowest BCUT2D eigenvalue weighted by molar-refractivity contribution is 0.0149. The Morgan fingerprint density at radius 1 is 1.14 bits per heavy atom. The van der Waals surface area contributed by atoms with Crippen LogP contribution in [0.2, 0.25) is 0 Å². The number of nitrogens with one attached hydrogen (secondary N) is 1. The van der Waals surface area contributed by atoms with Gasteiger partial charge in [0.05, 0.1) is 19.7 Å². The van der Waals surface area contributed by atoms with Crippen LogP contribution in [0.15, 0.2) is 9.59 Å². The zero-order valence-corrected chi connectivity index (χ0v) is 17.3. The van der Waals surface area contributed by atoms with Crippen LogP contribution in [0.1, 0.15) is 31.1 Å². The van der Waals surface area contributed by atoms with Crippen LogP contribution in [0.5, 0.6) is 0 Å². The van der Waals surface area contributed by atoms with Crippen molar-refractivity contribution in [2.24, 2.45) is 0 Å². The number of aromatic amines is 1. The topological polar surface area (TPSA) is 140 Å². The minimum Gasteiger partial charge on any atom is -0.444 e. The maximum atomic E-state index is 12.7. The van der Waals surface area contributed by atoms with Crippen LogP contribution in [0.4, 0.5) is 10.6 Å². The minimum absolute atomic E-state index is 0.0437. The molecule has 2 heterocycles. The Kier molecular flexibility index (Phi) is 7.20. The van der Waals surface area contributed by atoms with Crippen LogP contribution in [0.25, 0.3) is 0 Å². The van der Waals surface area contributed by atoms with E-state index in [-0.39, 0.29) is 31.1 Å². The van der Waals surface area contributed by atoms with Crippen molar-refractivity contribution in [1.82, 2.24) is 19.4 Å². The highest BCUT2D eigenvalue weighted by Crippen LogP contribution is 2.13. The summed E-state index contributed by atoms with van der Waals surface area (Å²) in [6.45, 7) is 7.39. The first kappa shape index (κ1) is 22.6. The lowest BCUT2D eigenvalue weighted by Gasteiger charge is -2.35. The molecule has 0 saturated carbocycles. The second-order valence-electron chi connectivity index (χ2n) is 7.83. The fourth-order valence-electron chi connectivity index (χ4n) is 2.96. The Morgan fingerprint density at radius 3 is 2.31 bits per heavy atom. The normalized spacial score (nSPS) is 15.4. The number of amides is 1. The molecule has 0 radical (unpaired) electrons. The number of ether oxygens (including phenoxy) is 2. The van der Waals surface area contributed by atoms with E-state index in [1.54, 1.807) is 25.7 Å². The molecule has 1 aromatic rings. The van der Waals surface area contributed by atoms with Crippen LogP contribution in [-0.4, -0.2) is 83.3 Å². The number of hydrogen-bond donors (Lipinski definition) is 2. The number of nitrogens with two attached hydrogens (primary N) is 1. The molecule has 1 aliphatic heterocycles. The van der Waals surface area contributed by atoms with Gasteiger partial charge in [-0.05, 0) is 20.8 Å². The highest BCUT2D eigenvalue weighted by Gasteiger charge is 2.28. The molecule has 1 aromatic heterocycles. The van der Waals surface area contributed by atoms with E-state index in [4.69, 9.17) is 15.2 Å². The van der Waals surface area contributed by atoms with Gasteiger partial charge >= 0.3 is 11.8 Å². The van der Waals surface area contributed by atoms with E-state index < -0.39 is 28.7 Å². The molecule has 1 saturated heterocycles. The van der Waals surface area contributed by atoms with Gasteiger partial charge in [-0.25, -0.2) is 9.59 Å². The zero-order chi connectivity index (χ0) is 21.8. The predicted octanol–water partition coefficient (Wildman–Crippen LogP) is -0.499. The summed E-state index contributed by atoms with van der Waals surface area (Å²) in [5, 5.41) is 0. The standard InChI is InChI=1S/C18H29N5O6/c1-18(2,3)29-17(27)22-7-5-21(6-8-22)11-12(24)13-14(19)23(9-10-28-4)16(26)20-15(13)25/h5-11,19H2,1-4H3,(H,20,25,26). The van der Waals surface area contributed by atoms with Gasteiger partial charge in [0.15, 0.2) is 5.78 Å². The lowest BCUT2D eigenvalue weighted by atomic mass is 10.1. The highest BCUT2D eigenvalue weighted by atomic mass is 16.6. The maximum absolute atomic E-state index is 12.7. The molecular formula is C18H29N5O6. The lowest BCUT2D eigenvalue weighted by Crippen LogP contribution is -2.51. The van der Waals surface area contributed by atoms with Gasteiger partial charge in [-0.15, -0.1) is 0 Å². The monoisotopic (exact) mass is 411 g/mol. The van der Waals surface area contributed by atoms with E-state index >= 15 is 0 Å². The highest BCUT2D eigenvalue weighted by molar-refractivity contribution is 6.01. The fourth-order valence-corrected chi connectivity index (χ4v) is 2.96. The Morgan fingerprint density at radius 2 is 1.76 bits per heavy atom. The molecule has 0 aliphatic carbocycles. The smallest absolute Gasteiger partial charge is 0.410 e. The molecule has 29 heavy (non-hydrogen) atoms. The Labute approximate surface area is 168 Å². The van der Waals surface area contributed by atoms with Crippen LogP contribution < -0.4 is 17.0 Å². The van der Waals surface area contributed by atoms with Gasteiger partial charge in [0.25, 0.3) is 5.56 Å². The number of Topliss-reactive ketones (excluding diaryl/α,β-unsaturated/α-hetero) is 1. The van der Waals surface area contributed by atoms with E-state index in [9.17, 15) is 19.2 Å². The summed E-state index contributed by atoms with van der Waals surface area (Å²) in [6.07, 6.45) is -0.394. The first-order chi connectivity index (χ1) is 13.5. The van der Waals surface area contributed by atoms with Gasteiger partial charge in [-0.1, -0.05) is 0 Å². The predicted molar refractivity (Wildman–Crippen MR) is 106 cm³/mol. The zero-order valence-electron chi connectivity index (χ0n) is 17.3. The molecule has 1 aliphatic rings. The Balaban J connectivity index is 2.04. The second kappa shape index (κ2) is 9.23. The average molecular weight is 411 g/mol. The van der Waals surface area contributed by atoms with Gasteiger partial charge in [0.2, 0.25) is 0 Å². The van der Waals surface area contributed by atoms with E-state index in [0.29, 0.717) is 26.2 Å². The molecule has 0 unspecified atom stereocenters. The van der Waals surface area contributed by atoms with Gasteiger partial charge in [-0.2, -0.15) is 0 Å². The third-order valence-electron chi connectivity index (χ3n) is 4.43. The summed E-state index contributed by atoms with van der Waals surface area (Å²) >= 11 is 0. The Hall–Kier alpha value is -2.66. The molecule has 2 rings (SSSR count). The number of anilines is 1. The van der Waals surface area contributed by atoms with Crippen molar-refractivity contribution in [2.45, 2.75) is 32.9 Å². The van der Waals surface area contributed by atoms with Crippen molar-refractivity contribution in [3.63, 3.8) is 0 Å². The van der Waals surface area contributed by atoms with Crippen molar-refractivity contribution in [3.8, 4) is 0 Å². The summed E-state index contributed by atoms with van der Waals surface area (Å²) < 4.78 is 11.4. The molecule has 11 heteroatoms. The number of aromatic nitrogens is 2. The molecule has 0 spiro atoms. The van der Waals surface area contributed by atoms with Gasteiger partial charge in [0.1, 0.15) is 17.0 Å². The Bertz CT molecular complexity index is 861. The van der Waals surface area contributed by atoms with Crippen LogP contribution in [-0.2, 0) is 16.0 Å². The van der Waals surface area contributed by atoms with E-state index in [0.717, 1.165) is 4.57 Å². The molecular weight excluding hydrogens is 382 g/mol. The molecule has 0 bridgehead atoms. The molecule has 0 atom stereocenters.